The molecule has 1 aliphatic heterocycles. The summed E-state index contributed by atoms with van der Waals surface area (Å²) in [6.45, 7) is 2.71. The molecule has 138 valence electrons. The van der Waals surface area contributed by atoms with E-state index in [9.17, 15) is 8.42 Å². The maximum atomic E-state index is 11.6. The number of benzene rings is 2. The Morgan fingerprint density at radius 2 is 1.88 bits per heavy atom. The summed E-state index contributed by atoms with van der Waals surface area (Å²) in [5, 5.41) is 6.48. The highest BCUT2D eigenvalue weighted by Gasteiger charge is 2.28. The molecule has 1 aliphatic rings. The van der Waals surface area contributed by atoms with Gasteiger partial charge in [-0.3, -0.25) is 4.99 Å². The van der Waals surface area contributed by atoms with Crippen LogP contribution in [-0.2, 0) is 16.4 Å². The molecule has 2 aromatic rings. The molecule has 1 unspecified atom stereocenters. The summed E-state index contributed by atoms with van der Waals surface area (Å²) < 4.78 is 23.2. The van der Waals surface area contributed by atoms with Gasteiger partial charge in [0.2, 0.25) is 0 Å². The van der Waals surface area contributed by atoms with E-state index >= 15 is 0 Å². The van der Waals surface area contributed by atoms with Crippen molar-refractivity contribution in [1.82, 2.24) is 10.6 Å². The Balaban J connectivity index is 1.63. The molecule has 5 nitrogen and oxygen atoms in total. The Kier molecular flexibility index (Phi) is 5.61. The van der Waals surface area contributed by atoms with Gasteiger partial charge in [0.05, 0.1) is 11.5 Å². The Labute approximate surface area is 155 Å². The quantitative estimate of drug-likeness (QED) is 0.640. The van der Waals surface area contributed by atoms with Crippen molar-refractivity contribution in [3.8, 4) is 11.1 Å². The molecular formula is C20H25N3O2S. The number of nitrogens with one attached hydrogen (secondary N) is 2. The number of guanidine groups is 1. The average molecular weight is 372 g/mol. The van der Waals surface area contributed by atoms with E-state index in [1.165, 1.54) is 16.7 Å². The van der Waals surface area contributed by atoms with Gasteiger partial charge in [-0.25, -0.2) is 8.42 Å². The zero-order valence-corrected chi connectivity index (χ0v) is 16.0. The summed E-state index contributed by atoms with van der Waals surface area (Å²) in [5.74, 6) is 1.06. The van der Waals surface area contributed by atoms with Gasteiger partial charge in [0.1, 0.15) is 0 Å². The second-order valence-corrected chi connectivity index (χ2v) is 8.97. The lowest BCUT2D eigenvalue weighted by Gasteiger charge is -2.16. The highest BCUT2D eigenvalue weighted by molar-refractivity contribution is 7.91. The van der Waals surface area contributed by atoms with E-state index in [1.54, 1.807) is 7.05 Å². The van der Waals surface area contributed by atoms with E-state index in [0.717, 1.165) is 5.56 Å². The van der Waals surface area contributed by atoms with Crippen molar-refractivity contribution in [2.75, 3.05) is 18.6 Å². The molecular weight excluding hydrogens is 346 g/mol. The third kappa shape index (κ3) is 4.85. The third-order valence-corrected chi connectivity index (χ3v) is 6.30. The van der Waals surface area contributed by atoms with Crippen LogP contribution in [0.1, 0.15) is 17.5 Å². The maximum Gasteiger partial charge on any atom is 0.191 e. The average Bonchev–Trinajstić information content (AvgIpc) is 2.97. The normalized spacial score (nSPS) is 19.3. The van der Waals surface area contributed by atoms with Crippen LogP contribution in [0.3, 0.4) is 0 Å². The van der Waals surface area contributed by atoms with Crippen molar-refractivity contribution in [2.24, 2.45) is 4.99 Å². The van der Waals surface area contributed by atoms with Crippen molar-refractivity contribution >= 4 is 15.8 Å². The van der Waals surface area contributed by atoms with Crippen LogP contribution in [0.15, 0.2) is 53.5 Å². The minimum atomic E-state index is -2.90. The van der Waals surface area contributed by atoms with Gasteiger partial charge >= 0.3 is 0 Å². The minimum absolute atomic E-state index is 0.0650. The van der Waals surface area contributed by atoms with E-state index in [4.69, 9.17) is 0 Å². The number of hydrogen-bond acceptors (Lipinski definition) is 3. The van der Waals surface area contributed by atoms with Crippen LogP contribution in [0.5, 0.6) is 0 Å². The molecule has 0 spiro atoms. The van der Waals surface area contributed by atoms with Gasteiger partial charge in [-0.05, 0) is 36.1 Å². The second kappa shape index (κ2) is 7.91. The number of aryl methyl sites for hydroxylation is 1. The largest absolute Gasteiger partial charge is 0.353 e. The van der Waals surface area contributed by atoms with Gasteiger partial charge in [-0.2, -0.15) is 0 Å². The van der Waals surface area contributed by atoms with Gasteiger partial charge in [0, 0.05) is 19.6 Å². The van der Waals surface area contributed by atoms with Gasteiger partial charge in [0.25, 0.3) is 0 Å². The van der Waals surface area contributed by atoms with Crippen LogP contribution >= 0.6 is 0 Å². The molecule has 2 aromatic carbocycles. The zero-order chi connectivity index (χ0) is 18.6. The lowest BCUT2D eigenvalue weighted by atomic mass is 10.0. The van der Waals surface area contributed by atoms with Gasteiger partial charge < -0.3 is 10.6 Å². The predicted octanol–water partition coefficient (Wildman–Crippen LogP) is 2.51. The summed E-state index contributed by atoms with van der Waals surface area (Å²) in [6.07, 6.45) is 0.631. The van der Waals surface area contributed by atoms with Crippen molar-refractivity contribution < 1.29 is 8.42 Å². The minimum Gasteiger partial charge on any atom is -0.353 e. The Morgan fingerprint density at radius 1 is 1.15 bits per heavy atom. The Morgan fingerprint density at radius 3 is 2.54 bits per heavy atom. The van der Waals surface area contributed by atoms with E-state index in [1.807, 2.05) is 0 Å². The number of nitrogens with zero attached hydrogens (tertiary/aromatic N) is 1. The van der Waals surface area contributed by atoms with E-state index in [2.05, 4.69) is 71.1 Å². The first-order chi connectivity index (χ1) is 12.4. The lowest BCUT2D eigenvalue weighted by Crippen LogP contribution is -2.43. The highest BCUT2D eigenvalue weighted by Crippen LogP contribution is 2.21. The Hall–Kier alpha value is -2.34. The van der Waals surface area contributed by atoms with Gasteiger partial charge in [-0.1, -0.05) is 48.0 Å². The first-order valence-corrected chi connectivity index (χ1v) is 10.6. The lowest BCUT2D eigenvalue weighted by molar-refractivity contribution is 0.599. The molecule has 1 saturated heterocycles. The van der Waals surface area contributed by atoms with Crippen LogP contribution in [0.2, 0.25) is 0 Å². The molecule has 1 atom stereocenters. The molecule has 6 heteroatoms. The van der Waals surface area contributed by atoms with Crippen LogP contribution in [-0.4, -0.2) is 39.0 Å². The molecule has 2 N–H and O–H groups in total. The molecule has 0 aliphatic carbocycles. The summed E-state index contributed by atoms with van der Waals surface area (Å²) in [4.78, 5) is 4.21. The summed E-state index contributed by atoms with van der Waals surface area (Å²) in [5.41, 5.74) is 4.76. The monoisotopic (exact) mass is 371 g/mol. The molecule has 0 bridgehead atoms. The van der Waals surface area contributed by atoms with Crippen molar-refractivity contribution in [2.45, 2.75) is 25.9 Å². The molecule has 0 saturated carbocycles. The first-order valence-electron chi connectivity index (χ1n) is 8.79. The number of sulfone groups is 1. The topological polar surface area (TPSA) is 70.6 Å². The number of rotatable bonds is 4. The number of hydrogen-bond donors (Lipinski definition) is 2. The summed E-state index contributed by atoms with van der Waals surface area (Å²) >= 11 is 0. The molecule has 1 fully saturated rings. The number of aliphatic imine (C=N–C) groups is 1. The fraction of sp³-hybridized carbons (Fsp3) is 0.350. The second-order valence-electron chi connectivity index (χ2n) is 6.74. The molecule has 0 aromatic heterocycles. The molecule has 26 heavy (non-hydrogen) atoms. The fourth-order valence-electron chi connectivity index (χ4n) is 3.17. The molecule has 3 rings (SSSR count). The van der Waals surface area contributed by atoms with E-state index in [0.29, 0.717) is 18.9 Å². The molecule has 0 radical (unpaired) electrons. The van der Waals surface area contributed by atoms with Crippen LogP contribution in [0.25, 0.3) is 11.1 Å². The molecule has 1 heterocycles. The van der Waals surface area contributed by atoms with E-state index in [-0.39, 0.29) is 17.5 Å². The van der Waals surface area contributed by atoms with Crippen molar-refractivity contribution in [3.63, 3.8) is 0 Å². The highest BCUT2D eigenvalue weighted by atomic mass is 32.2. The maximum absolute atomic E-state index is 11.6. The predicted molar refractivity (Wildman–Crippen MR) is 107 cm³/mol. The first kappa shape index (κ1) is 18.5. The SMILES string of the molecule is CN=C(NCc1cccc(-c2cccc(C)c2)c1)NC1CCS(=O)(=O)C1. The van der Waals surface area contributed by atoms with E-state index < -0.39 is 9.84 Å². The van der Waals surface area contributed by atoms with Crippen molar-refractivity contribution in [1.29, 1.82) is 0 Å². The zero-order valence-electron chi connectivity index (χ0n) is 15.2. The summed E-state index contributed by atoms with van der Waals surface area (Å²) in [7, 11) is -1.21. The fourth-order valence-corrected chi connectivity index (χ4v) is 4.84. The van der Waals surface area contributed by atoms with Crippen molar-refractivity contribution in [3.05, 3.63) is 59.7 Å². The molecule has 0 amide bonds. The van der Waals surface area contributed by atoms with Crippen LogP contribution < -0.4 is 10.6 Å². The smallest absolute Gasteiger partial charge is 0.191 e. The van der Waals surface area contributed by atoms with Gasteiger partial charge in [0.15, 0.2) is 15.8 Å². The third-order valence-electron chi connectivity index (χ3n) is 4.54. The Bertz CT molecular complexity index is 907. The standard InChI is InChI=1S/C20H25N3O2S/c1-15-5-3-7-17(11-15)18-8-4-6-16(12-18)13-22-20(21-2)23-19-9-10-26(24,25)14-19/h3-8,11-12,19H,9-10,13-14H2,1-2H3,(H2,21,22,23). The van der Waals surface area contributed by atoms with Crippen LogP contribution in [0, 0.1) is 6.92 Å². The van der Waals surface area contributed by atoms with Gasteiger partial charge in [-0.15, -0.1) is 0 Å². The summed E-state index contributed by atoms with van der Waals surface area (Å²) in [6, 6.07) is 16.8. The van der Waals surface area contributed by atoms with Crippen LogP contribution in [0.4, 0.5) is 0 Å².